The lowest BCUT2D eigenvalue weighted by Gasteiger charge is -2.48. The molecule has 2 saturated heterocycles. The summed E-state index contributed by atoms with van der Waals surface area (Å²) in [5.74, 6) is 0. The average Bonchev–Trinajstić information content (AvgIpc) is 2.60. The first-order chi connectivity index (χ1) is 10.8. The van der Waals surface area contributed by atoms with Crippen LogP contribution in [0.4, 0.5) is 0 Å². The maximum absolute atomic E-state index is 6.10. The second kappa shape index (κ2) is 7.04. The van der Waals surface area contributed by atoms with Gasteiger partial charge in [0, 0.05) is 26.9 Å². The van der Waals surface area contributed by atoms with Crippen LogP contribution in [-0.2, 0) is 28.4 Å². The Labute approximate surface area is 130 Å². The van der Waals surface area contributed by atoms with Crippen molar-refractivity contribution in [3.05, 3.63) is 35.9 Å². The Morgan fingerprint density at radius 2 is 1.64 bits per heavy atom. The lowest BCUT2D eigenvalue weighted by molar-refractivity contribution is -0.363. The standard InChI is InChI=1S/C16H22O6/c1-17-13-12-11(21-16(19-3)14(13)18-2)9-20-15(22-12)10-7-5-4-6-8-10/h4-8,11-16H,9H2,1-3H3/t11-,12+,13+,14-,15+,16+/m1/s1. The van der Waals surface area contributed by atoms with Gasteiger partial charge < -0.3 is 28.4 Å². The normalized spacial score (nSPS) is 38.5. The van der Waals surface area contributed by atoms with Crippen molar-refractivity contribution in [2.45, 2.75) is 37.0 Å². The van der Waals surface area contributed by atoms with Crippen LogP contribution >= 0.6 is 0 Å². The molecule has 2 aliphatic rings. The Balaban J connectivity index is 1.79. The average molecular weight is 310 g/mol. The van der Waals surface area contributed by atoms with Gasteiger partial charge in [-0.2, -0.15) is 0 Å². The van der Waals surface area contributed by atoms with Crippen molar-refractivity contribution >= 4 is 0 Å². The number of hydrogen-bond donors (Lipinski definition) is 0. The van der Waals surface area contributed by atoms with E-state index in [1.807, 2.05) is 30.3 Å². The van der Waals surface area contributed by atoms with E-state index in [2.05, 4.69) is 0 Å². The Morgan fingerprint density at radius 3 is 2.27 bits per heavy atom. The molecule has 122 valence electrons. The van der Waals surface area contributed by atoms with Crippen LogP contribution in [0.2, 0.25) is 0 Å². The highest BCUT2D eigenvalue weighted by Crippen LogP contribution is 2.35. The van der Waals surface area contributed by atoms with E-state index in [4.69, 9.17) is 28.4 Å². The third-order valence-corrected chi connectivity index (χ3v) is 4.13. The second-order valence-corrected chi connectivity index (χ2v) is 5.36. The fraction of sp³-hybridized carbons (Fsp3) is 0.625. The molecule has 0 N–H and O–H groups in total. The van der Waals surface area contributed by atoms with Gasteiger partial charge in [-0.05, 0) is 0 Å². The summed E-state index contributed by atoms with van der Waals surface area (Å²) < 4.78 is 34.2. The van der Waals surface area contributed by atoms with Crippen LogP contribution in [0.5, 0.6) is 0 Å². The summed E-state index contributed by atoms with van der Waals surface area (Å²) in [4.78, 5) is 0. The number of methoxy groups -OCH3 is 3. The van der Waals surface area contributed by atoms with Gasteiger partial charge in [-0.3, -0.25) is 0 Å². The van der Waals surface area contributed by atoms with Gasteiger partial charge in [0.1, 0.15) is 24.4 Å². The van der Waals surface area contributed by atoms with E-state index in [0.29, 0.717) is 6.61 Å². The molecule has 0 aliphatic carbocycles. The van der Waals surface area contributed by atoms with E-state index in [1.165, 1.54) is 0 Å². The van der Waals surface area contributed by atoms with E-state index < -0.39 is 12.6 Å². The van der Waals surface area contributed by atoms with E-state index in [0.717, 1.165) is 5.56 Å². The minimum absolute atomic E-state index is 0.249. The lowest BCUT2D eigenvalue weighted by atomic mass is 9.97. The molecular weight excluding hydrogens is 288 g/mol. The fourth-order valence-corrected chi connectivity index (χ4v) is 3.03. The number of hydrogen-bond acceptors (Lipinski definition) is 6. The third-order valence-electron chi connectivity index (χ3n) is 4.13. The number of benzene rings is 1. The zero-order valence-corrected chi connectivity index (χ0v) is 13.0. The highest BCUT2D eigenvalue weighted by Gasteiger charge is 2.50. The van der Waals surface area contributed by atoms with Crippen LogP contribution in [0.3, 0.4) is 0 Å². The van der Waals surface area contributed by atoms with Gasteiger partial charge in [-0.25, -0.2) is 0 Å². The van der Waals surface area contributed by atoms with Crippen molar-refractivity contribution in [3.8, 4) is 0 Å². The molecule has 3 rings (SSSR count). The van der Waals surface area contributed by atoms with E-state index in [-0.39, 0.29) is 24.4 Å². The molecule has 2 heterocycles. The predicted molar refractivity (Wildman–Crippen MR) is 77.3 cm³/mol. The second-order valence-electron chi connectivity index (χ2n) is 5.36. The summed E-state index contributed by atoms with van der Waals surface area (Å²) in [5, 5.41) is 0. The van der Waals surface area contributed by atoms with Crippen molar-refractivity contribution < 1.29 is 28.4 Å². The summed E-state index contributed by atoms with van der Waals surface area (Å²) >= 11 is 0. The minimum Gasteiger partial charge on any atom is -0.376 e. The van der Waals surface area contributed by atoms with Gasteiger partial charge in [0.2, 0.25) is 0 Å². The molecule has 1 aromatic carbocycles. The van der Waals surface area contributed by atoms with Gasteiger partial charge in [0.15, 0.2) is 12.6 Å². The number of fused-ring (bicyclic) bond motifs is 1. The van der Waals surface area contributed by atoms with Crippen LogP contribution in [0, 0.1) is 0 Å². The first-order valence-corrected chi connectivity index (χ1v) is 7.34. The Kier molecular flexibility index (Phi) is 5.07. The molecule has 22 heavy (non-hydrogen) atoms. The molecule has 1 aromatic rings. The molecule has 6 heteroatoms. The molecule has 0 aromatic heterocycles. The Bertz CT molecular complexity index is 467. The molecule has 0 unspecified atom stereocenters. The maximum Gasteiger partial charge on any atom is 0.186 e. The Hall–Kier alpha value is -1.02. The molecule has 6 nitrogen and oxygen atoms in total. The maximum atomic E-state index is 6.10. The van der Waals surface area contributed by atoms with Gasteiger partial charge in [-0.15, -0.1) is 0 Å². The van der Waals surface area contributed by atoms with Crippen molar-refractivity contribution in [3.63, 3.8) is 0 Å². The summed E-state index contributed by atoms with van der Waals surface area (Å²) in [5.41, 5.74) is 0.971. The smallest absolute Gasteiger partial charge is 0.186 e. The fourth-order valence-electron chi connectivity index (χ4n) is 3.03. The molecule has 0 amide bonds. The van der Waals surface area contributed by atoms with E-state index in [9.17, 15) is 0 Å². The van der Waals surface area contributed by atoms with E-state index >= 15 is 0 Å². The summed E-state index contributed by atoms with van der Waals surface area (Å²) in [6.07, 6.45) is -2.10. The third kappa shape index (κ3) is 2.90. The van der Waals surface area contributed by atoms with Crippen LogP contribution < -0.4 is 0 Å². The molecular formula is C16H22O6. The van der Waals surface area contributed by atoms with Crippen LogP contribution in [0.1, 0.15) is 11.9 Å². The summed E-state index contributed by atoms with van der Waals surface area (Å²) in [7, 11) is 4.84. The molecule has 0 bridgehead atoms. The summed E-state index contributed by atoms with van der Waals surface area (Å²) in [6, 6.07) is 9.82. The first kappa shape index (κ1) is 15.9. The topological polar surface area (TPSA) is 55.4 Å². The SMILES string of the molecule is CO[C@H]1O[C@@H]2CO[C@H](c3ccccc3)O[C@@H]2[C@H](OC)[C@H]1OC. The van der Waals surface area contributed by atoms with Crippen LogP contribution in [0.15, 0.2) is 30.3 Å². The number of ether oxygens (including phenoxy) is 6. The molecule has 6 atom stereocenters. The van der Waals surface area contributed by atoms with Gasteiger partial charge >= 0.3 is 0 Å². The van der Waals surface area contributed by atoms with Crippen molar-refractivity contribution in [2.24, 2.45) is 0 Å². The molecule has 0 radical (unpaired) electrons. The van der Waals surface area contributed by atoms with Crippen LogP contribution in [0.25, 0.3) is 0 Å². The zero-order chi connectivity index (χ0) is 15.5. The Morgan fingerprint density at radius 1 is 0.909 bits per heavy atom. The van der Waals surface area contributed by atoms with Crippen LogP contribution in [-0.4, -0.2) is 58.6 Å². The quantitative estimate of drug-likeness (QED) is 0.840. The highest BCUT2D eigenvalue weighted by atomic mass is 16.8. The van der Waals surface area contributed by atoms with Crippen molar-refractivity contribution in [2.75, 3.05) is 27.9 Å². The van der Waals surface area contributed by atoms with Gasteiger partial charge in [0.25, 0.3) is 0 Å². The van der Waals surface area contributed by atoms with Gasteiger partial charge in [0.05, 0.1) is 6.61 Å². The molecule has 0 saturated carbocycles. The molecule has 2 aliphatic heterocycles. The van der Waals surface area contributed by atoms with Gasteiger partial charge in [-0.1, -0.05) is 30.3 Å². The monoisotopic (exact) mass is 310 g/mol. The summed E-state index contributed by atoms with van der Waals surface area (Å²) in [6.45, 7) is 0.417. The molecule has 0 spiro atoms. The molecule has 2 fully saturated rings. The minimum atomic E-state index is -0.503. The zero-order valence-electron chi connectivity index (χ0n) is 13.0. The highest BCUT2D eigenvalue weighted by molar-refractivity contribution is 5.16. The number of rotatable bonds is 4. The lowest BCUT2D eigenvalue weighted by Crippen LogP contribution is -2.63. The van der Waals surface area contributed by atoms with Crippen molar-refractivity contribution in [1.29, 1.82) is 0 Å². The largest absolute Gasteiger partial charge is 0.376 e. The first-order valence-electron chi connectivity index (χ1n) is 7.34. The van der Waals surface area contributed by atoms with E-state index in [1.54, 1.807) is 21.3 Å². The van der Waals surface area contributed by atoms with Crippen molar-refractivity contribution in [1.82, 2.24) is 0 Å². The predicted octanol–water partition coefficient (Wildman–Crippen LogP) is 1.50.